The standard InChI is InChI=1S/C23H41N3O3/c1-4-26-11-5-6-21(26)17-25(18-22-7-8-23(29-22)19-28-3)16-20-9-12-24(13-10-20)14-15-27-2/h7-8,20-21H,4-6,9-19H2,1-3H3. The Labute approximate surface area is 177 Å². The zero-order valence-corrected chi connectivity index (χ0v) is 18.8. The third-order valence-corrected chi connectivity index (χ3v) is 6.59. The summed E-state index contributed by atoms with van der Waals surface area (Å²) in [5, 5.41) is 0. The normalized spacial score (nSPS) is 22.1. The molecule has 1 aromatic rings. The molecule has 1 aromatic heterocycles. The lowest BCUT2D eigenvalue weighted by Crippen LogP contribution is -2.44. The average molecular weight is 408 g/mol. The molecule has 1 unspecified atom stereocenters. The van der Waals surface area contributed by atoms with Crippen LogP contribution in [-0.4, -0.2) is 87.4 Å². The van der Waals surface area contributed by atoms with Crippen molar-refractivity contribution in [3.8, 4) is 0 Å². The van der Waals surface area contributed by atoms with Crippen molar-refractivity contribution in [2.75, 3.05) is 66.6 Å². The van der Waals surface area contributed by atoms with Crippen molar-refractivity contribution in [2.45, 2.75) is 51.8 Å². The number of rotatable bonds is 12. The molecule has 6 nitrogen and oxygen atoms in total. The largest absolute Gasteiger partial charge is 0.462 e. The predicted molar refractivity (Wildman–Crippen MR) is 116 cm³/mol. The Bertz CT molecular complexity index is 571. The summed E-state index contributed by atoms with van der Waals surface area (Å²) in [7, 11) is 3.51. The van der Waals surface area contributed by atoms with Gasteiger partial charge < -0.3 is 18.8 Å². The summed E-state index contributed by atoms with van der Waals surface area (Å²) in [5.41, 5.74) is 0. The summed E-state index contributed by atoms with van der Waals surface area (Å²) < 4.78 is 16.5. The Morgan fingerprint density at radius 1 is 1.03 bits per heavy atom. The minimum atomic E-state index is 0.548. The van der Waals surface area contributed by atoms with Gasteiger partial charge in [0.1, 0.15) is 18.1 Å². The molecule has 0 saturated carbocycles. The van der Waals surface area contributed by atoms with Gasteiger partial charge in [0.2, 0.25) is 0 Å². The number of ether oxygens (including phenoxy) is 2. The van der Waals surface area contributed by atoms with Gasteiger partial charge in [-0.05, 0) is 69.9 Å². The van der Waals surface area contributed by atoms with Crippen LogP contribution in [0.1, 0.15) is 44.1 Å². The second kappa shape index (κ2) is 12.1. The van der Waals surface area contributed by atoms with Crippen LogP contribution in [0.3, 0.4) is 0 Å². The number of furan rings is 1. The SMILES string of the molecule is CCN1CCCC1CN(Cc1ccc(COC)o1)CC1CCN(CCOC)CC1. The molecule has 0 amide bonds. The third kappa shape index (κ3) is 7.07. The molecule has 0 aromatic carbocycles. The highest BCUT2D eigenvalue weighted by Crippen LogP contribution is 2.23. The molecule has 0 N–H and O–H groups in total. The van der Waals surface area contributed by atoms with Crippen LogP contribution in [-0.2, 0) is 22.6 Å². The van der Waals surface area contributed by atoms with Crippen molar-refractivity contribution >= 4 is 0 Å². The summed E-state index contributed by atoms with van der Waals surface area (Å²) in [6, 6.07) is 4.87. The molecule has 166 valence electrons. The highest BCUT2D eigenvalue weighted by atomic mass is 16.5. The van der Waals surface area contributed by atoms with Crippen LogP contribution in [0.25, 0.3) is 0 Å². The summed E-state index contributed by atoms with van der Waals surface area (Å²) in [6.07, 6.45) is 5.24. The van der Waals surface area contributed by atoms with Gasteiger partial charge in [0, 0.05) is 39.9 Å². The molecule has 2 saturated heterocycles. The molecular formula is C23H41N3O3. The number of hydrogen-bond acceptors (Lipinski definition) is 6. The molecule has 0 aliphatic carbocycles. The van der Waals surface area contributed by atoms with Crippen molar-refractivity contribution in [3.63, 3.8) is 0 Å². The fourth-order valence-electron chi connectivity index (χ4n) is 4.95. The smallest absolute Gasteiger partial charge is 0.129 e. The maximum Gasteiger partial charge on any atom is 0.129 e. The first-order valence-electron chi connectivity index (χ1n) is 11.5. The Morgan fingerprint density at radius 2 is 1.83 bits per heavy atom. The first-order valence-corrected chi connectivity index (χ1v) is 11.5. The minimum absolute atomic E-state index is 0.548. The average Bonchev–Trinajstić information content (AvgIpc) is 3.37. The molecule has 1 atom stereocenters. The zero-order chi connectivity index (χ0) is 20.5. The van der Waals surface area contributed by atoms with Gasteiger partial charge in [0.25, 0.3) is 0 Å². The molecule has 3 rings (SSSR count). The highest BCUT2D eigenvalue weighted by molar-refractivity contribution is 5.06. The Hall–Kier alpha value is -0.920. The first kappa shape index (κ1) is 22.8. The Kier molecular flexibility index (Phi) is 9.46. The van der Waals surface area contributed by atoms with Gasteiger partial charge in [-0.1, -0.05) is 6.92 Å². The van der Waals surface area contributed by atoms with Crippen LogP contribution in [0.4, 0.5) is 0 Å². The van der Waals surface area contributed by atoms with E-state index in [9.17, 15) is 0 Å². The Balaban J connectivity index is 1.56. The van der Waals surface area contributed by atoms with E-state index in [2.05, 4.69) is 33.8 Å². The van der Waals surface area contributed by atoms with Gasteiger partial charge in [-0.15, -0.1) is 0 Å². The third-order valence-electron chi connectivity index (χ3n) is 6.59. The van der Waals surface area contributed by atoms with E-state index in [1.54, 1.807) is 14.2 Å². The maximum absolute atomic E-state index is 6.02. The summed E-state index contributed by atoms with van der Waals surface area (Å²) >= 11 is 0. The van der Waals surface area contributed by atoms with E-state index < -0.39 is 0 Å². The van der Waals surface area contributed by atoms with Crippen molar-refractivity contribution in [1.82, 2.24) is 14.7 Å². The molecule has 0 spiro atoms. The summed E-state index contributed by atoms with van der Waals surface area (Å²) in [4.78, 5) is 7.85. The second-order valence-corrected chi connectivity index (χ2v) is 8.70. The van der Waals surface area contributed by atoms with Crippen LogP contribution in [0.15, 0.2) is 16.5 Å². The lowest BCUT2D eigenvalue weighted by molar-refractivity contribution is 0.0931. The first-order chi connectivity index (χ1) is 14.2. The lowest BCUT2D eigenvalue weighted by atomic mass is 9.96. The van der Waals surface area contributed by atoms with Crippen LogP contribution in [0.2, 0.25) is 0 Å². The van der Waals surface area contributed by atoms with E-state index in [0.717, 1.165) is 50.2 Å². The lowest BCUT2D eigenvalue weighted by Gasteiger charge is -2.36. The molecule has 2 aliphatic rings. The van der Waals surface area contributed by atoms with Crippen molar-refractivity contribution in [3.05, 3.63) is 23.7 Å². The van der Waals surface area contributed by atoms with Gasteiger partial charge in [-0.25, -0.2) is 0 Å². The van der Waals surface area contributed by atoms with E-state index in [4.69, 9.17) is 13.9 Å². The monoisotopic (exact) mass is 407 g/mol. The van der Waals surface area contributed by atoms with E-state index in [1.165, 1.54) is 51.9 Å². The molecule has 0 radical (unpaired) electrons. The number of hydrogen-bond donors (Lipinski definition) is 0. The van der Waals surface area contributed by atoms with Gasteiger partial charge in [-0.3, -0.25) is 9.80 Å². The number of piperidine rings is 1. The number of nitrogens with zero attached hydrogens (tertiary/aromatic N) is 3. The van der Waals surface area contributed by atoms with Crippen LogP contribution in [0, 0.1) is 5.92 Å². The van der Waals surface area contributed by atoms with E-state index in [-0.39, 0.29) is 0 Å². The quantitative estimate of drug-likeness (QED) is 0.530. The molecule has 0 bridgehead atoms. The number of likely N-dealkylation sites (tertiary alicyclic amines) is 2. The van der Waals surface area contributed by atoms with Crippen LogP contribution >= 0.6 is 0 Å². The fourth-order valence-corrected chi connectivity index (χ4v) is 4.95. The van der Waals surface area contributed by atoms with E-state index >= 15 is 0 Å². The van der Waals surface area contributed by atoms with Gasteiger partial charge in [0.05, 0.1) is 13.2 Å². The van der Waals surface area contributed by atoms with E-state index in [0.29, 0.717) is 12.6 Å². The number of methoxy groups -OCH3 is 2. The molecule has 6 heteroatoms. The van der Waals surface area contributed by atoms with Gasteiger partial charge in [-0.2, -0.15) is 0 Å². The molecule has 2 aliphatic heterocycles. The van der Waals surface area contributed by atoms with E-state index in [1.807, 2.05) is 0 Å². The molecule has 2 fully saturated rings. The van der Waals surface area contributed by atoms with Crippen molar-refractivity contribution < 1.29 is 13.9 Å². The van der Waals surface area contributed by atoms with Gasteiger partial charge in [0.15, 0.2) is 0 Å². The van der Waals surface area contributed by atoms with Gasteiger partial charge >= 0.3 is 0 Å². The van der Waals surface area contributed by atoms with Crippen molar-refractivity contribution in [1.29, 1.82) is 0 Å². The second-order valence-electron chi connectivity index (χ2n) is 8.70. The predicted octanol–water partition coefficient (Wildman–Crippen LogP) is 3.07. The Morgan fingerprint density at radius 3 is 2.55 bits per heavy atom. The fraction of sp³-hybridized carbons (Fsp3) is 0.826. The molecule has 3 heterocycles. The number of likely N-dealkylation sites (N-methyl/N-ethyl adjacent to an activating group) is 1. The van der Waals surface area contributed by atoms with Crippen molar-refractivity contribution in [2.24, 2.45) is 5.92 Å². The van der Waals surface area contributed by atoms with Crippen LogP contribution in [0.5, 0.6) is 0 Å². The molecular weight excluding hydrogens is 366 g/mol. The summed E-state index contributed by atoms with van der Waals surface area (Å²) in [6.45, 7) is 12.8. The summed E-state index contributed by atoms with van der Waals surface area (Å²) in [5.74, 6) is 2.76. The maximum atomic E-state index is 6.02. The zero-order valence-electron chi connectivity index (χ0n) is 18.8. The molecule has 29 heavy (non-hydrogen) atoms. The highest BCUT2D eigenvalue weighted by Gasteiger charge is 2.28. The topological polar surface area (TPSA) is 41.3 Å². The van der Waals surface area contributed by atoms with Crippen LogP contribution < -0.4 is 0 Å². The minimum Gasteiger partial charge on any atom is -0.462 e.